The fraction of sp³-hybridized carbons (Fsp3) is 0.467. The van der Waals surface area contributed by atoms with Crippen LogP contribution in [-0.4, -0.2) is 61.6 Å². The summed E-state index contributed by atoms with van der Waals surface area (Å²) in [6.45, 7) is 1.69. The third-order valence-corrected chi connectivity index (χ3v) is 5.16. The highest BCUT2D eigenvalue weighted by Gasteiger charge is 2.19. The number of hydrogen-bond acceptors (Lipinski definition) is 5. The highest BCUT2D eigenvalue weighted by molar-refractivity contribution is 8.00. The van der Waals surface area contributed by atoms with E-state index in [1.807, 2.05) is 6.07 Å². The number of carbonyl (C=O) groups excluding carboxylic acids is 2. The Balaban J connectivity index is 2.41. The largest absolute Gasteiger partial charge is 0.341 e. The maximum Gasteiger partial charge on any atom is 0.232 e. The summed E-state index contributed by atoms with van der Waals surface area (Å²) in [5.74, 6) is 0.114. The Morgan fingerprint density at radius 1 is 1.18 bits per heavy atom. The summed E-state index contributed by atoms with van der Waals surface area (Å²) in [4.78, 5) is 25.3. The predicted molar refractivity (Wildman–Crippen MR) is 90.0 cm³/mol. The second-order valence-corrected chi connectivity index (χ2v) is 8.40. The molecule has 0 saturated carbocycles. The molecule has 0 spiro atoms. The zero-order chi connectivity index (χ0) is 16.8. The first-order valence-electron chi connectivity index (χ1n) is 6.80. The fourth-order valence-electron chi connectivity index (χ4n) is 1.84. The maximum absolute atomic E-state index is 12.0. The Morgan fingerprint density at radius 3 is 2.32 bits per heavy atom. The van der Waals surface area contributed by atoms with Crippen molar-refractivity contribution < 1.29 is 18.0 Å². The summed E-state index contributed by atoms with van der Waals surface area (Å²) in [5, 5.41) is 0. The molecule has 0 saturated heterocycles. The van der Waals surface area contributed by atoms with Crippen LogP contribution < -0.4 is 0 Å². The number of ketones is 1. The number of Topliss-reactive ketones (excluding diaryl/α,β-unsaturated/α-hetero) is 1. The Hall–Kier alpha value is -1.34. The molecule has 1 atom stereocenters. The average molecular weight is 343 g/mol. The van der Waals surface area contributed by atoms with E-state index in [0.717, 1.165) is 6.26 Å². The van der Waals surface area contributed by atoms with Gasteiger partial charge < -0.3 is 4.90 Å². The number of thioether (sulfide) groups is 1. The van der Waals surface area contributed by atoms with Crippen molar-refractivity contribution >= 4 is 33.3 Å². The van der Waals surface area contributed by atoms with Crippen molar-refractivity contribution in [1.82, 2.24) is 4.90 Å². The summed E-state index contributed by atoms with van der Waals surface area (Å²) in [6.07, 6.45) is 1.15. The van der Waals surface area contributed by atoms with E-state index in [1.54, 1.807) is 38.2 Å². The smallest absolute Gasteiger partial charge is 0.232 e. The second kappa shape index (κ2) is 8.33. The molecule has 0 aliphatic rings. The normalized spacial score (nSPS) is 12.7. The van der Waals surface area contributed by atoms with Gasteiger partial charge in [-0.15, -0.1) is 11.8 Å². The monoisotopic (exact) mass is 343 g/mol. The fourth-order valence-corrected chi connectivity index (χ4v) is 3.77. The number of hydrogen-bond donors (Lipinski definition) is 0. The van der Waals surface area contributed by atoms with E-state index in [0.29, 0.717) is 5.56 Å². The van der Waals surface area contributed by atoms with E-state index >= 15 is 0 Å². The highest BCUT2D eigenvalue weighted by Crippen LogP contribution is 2.09. The van der Waals surface area contributed by atoms with E-state index in [9.17, 15) is 18.0 Å². The SMILES string of the molecule is C[C@@H](CS(C)(=O)=O)N(C)C(=O)CSCC(=O)c1ccccc1. The minimum atomic E-state index is -3.13. The Kier molecular flexibility index (Phi) is 7.09. The van der Waals surface area contributed by atoms with Crippen LogP contribution in [0.2, 0.25) is 0 Å². The number of sulfone groups is 1. The van der Waals surface area contributed by atoms with Crippen LogP contribution in [0.1, 0.15) is 17.3 Å². The lowest BCUT2D eigenvalue weighted by molar-refractivity contribution is -0.128. The number of rotatable bonds is 8. The molecular formula is C15H21NO4S2. The average Bonchev–Trinajstić information content (AvgIpc) is 2.45. The number of carbonyl (C=O) groups is 2. The molecule has 0 heterocycles. The van der Waals surface area contributed by atoms with Crippen LogP contribution in [0, 0.1) is 0 Å². The van der Waals surface area contributed by atoms with E-state index in [2.05, 4.69) is 0 Å². The molecule has 0 fully saturated rings. The van der Waals surface area contributed by atoms with Crippen LogP contribution in [-0.2, 0) is 14.6 Å². The highest BCUT2D eigenvalue weighted by atomic mass is 32.2. The Morgan fingerprint density at radius 2 is 1.77 bits per heavy atom. The zero-order valence-corrected chi connectivity index (χ0v) is 14.6. The van der Waals surface area contributed by atoms with E-state index in [4.69, 9.17) is 0 Å². The summed E-state index contributed by atoms with van der Waals surface area (Å²) in [7, 11) is -1.55. The maximum atomic E-state index is 12.0. The molecule has 22 heavy (non-hydrogen) atoms. The van der Waals surface area contributed by atoms with Crippen LogP contribution in [0.5, 0.6) is 0 Å². The van der Waals surface area contributed by atoms with E-state index < -0.39 is 9.84 Å². The van der Waals surface area contributed by atoms with Crippen LogP contribution in [0.3, 0.4) is 0 Å². The van der Waals surface area contributed by atoms with E-state index in [-0.39, 0.29) is 35.0 Å². The van der Waals surface area contributed by atoms with Gasteiger partial charge in [-0.05, 0) is 6.92 Å². The van der Waals surface area contributed by atoms with Crippen molar-refractivity contribution in [2.75, 3.05) is 30.6 Å². The third-order valence-electron chi connectivity index (χ3n) is 3.15. The standard InChI is InChI=1S/C15H21NO4S2/c1-12(11-22(3,19)20)16(2)15(18)10-21-9-14(17)13-7-5-4-6-8-13/h4-8,12H,9-11H2,1-3H3/t12-/m0/s1. The third kappa shape index (κ3) is 6.62. The van der Waals surface area contributed by atoms with Gasteiger partial charge in [0.1, 0.15) is 9.84 Å². The molecule has 1 aromatic rings. The first-order chi connectivity index (χ1) is 10.2. The topological polar surface area (TPSA) is 71.5 Å². The predicted octanol–water partition coefficient (Wildman–Crippen LogP) is 1.49. The zero-order valence-electron chi connectivity index (χ0n) is 13.0. The molecule has 122 valence electrons. The Labute approximate surface area is 136 Å². The van der Waals surface area contributed by atoms with Crippen molar-refractivity contribution in [1.29, 1.82) is 0 Å². The van der Waals surface area contributed by atoms with Crippen LogP contribution >= 0.6 is 11.8 Å². The molecule has 1 rings (SSSR count). The molecular weight excluding hydrogens is 322 g/mol. The summed E-state index contributed by atoms with van der Waals surface area (Å²) in [6, 6.07) is 8.53. The minimum absolute atomic E-state index is 0.0229. The van der Waals surface area contributed by atoms with Gasteiger partial charge in [0.2, 0.25) is 5.91 Å². The van der Waals surface area contributed by atoms with E-state index in [1.165, 1.54) is 16.7 Å². The lowest BCUT2D eigenvalue weighted by Crippen LogP contribution is -2.40. The van der Waals surface area contributed by atoms with Gasteiger partial charge in [0.25, 0.3) is 0 Å². The molecule has 0 bridgehead atoms. The molecule has 5 nitrogen and oxygen atoms in total. The summed E-state index contributed by atoms with van der Waals surface area (Å²) in [5.41, 5.74) is 0.626. The molecule has 0 N–H and O–H groups in total. The number of nitrogens with zero attached hydrogens (tertiary/aromatic N) is 1. The first kappa shape index (κ1) is 18.7. The van der Waals surface area contributed by atoms with Crippen molar-refractivity contribution in [2.45, 2.75) is 13.0 Å². The van der Waals surface area contributed by atoms with Gasteiger partial charge in [-0.2, -0.15) is 0 Å². The molecule has 7 heteroatoms. The summed E-state index contributed by atoms with van der Waals surface area (Å²) < 4.78 is 22.5. The molecule has 1 aromatic carbocycles. The van der Waals surface area contributed by atoms with Gasteiger partial charge in [-0.3, -0.25) is 9.59 Å². The second-order valence-electron chi connectivity index (χ2n) is 5.23. The molecule has 0 aliphatic carbocycles. The quantitative estimate of drug-likeness (QED) is 0.669. The molecule has 1 amide bonds. The van der Waals surface area contributed by atoms with Gasteiger partial charge >= 0.3 is 0 Å². The van der Waals surface area contributed by atoms with Crippen molar-refractivity contribution in [3.8, 4) is 0 Å². The van der Waals surface area contributed by atoms with Crippen molar-refractivity contribution in [2.24, 2.45) is 0 Å². The van der Waals surface area contributed by atoms with Gasteiger partial charge in [0.05, 0.1) is 17.3 Å². The number of benzene rings is 1. The molecule has 0 radical (unpaired) electrons. The van der Waals surface area contributed by atoms with Gasteiger partial charge in [0, 0.05) is 24.9 Å². The minimum Gasteiger partial charge on any atom is -0.341 e. The van der Waals surface area contributed by atoms with Gasteiger partial charge in [0.15, 0.2) is 5.78 Å². The van der Waals surface area contributed by atoms with Crippen molar-refractivity contribution in [3.63, 3.8) is 0 Å². The van der Waals surface area contributed by atoms with Crippen LogP contribution in [0.15, 0.2) is 30.3 Å². The Bertz CT molecular complexity index is 614. The van der Waals surface area contributed by atoms with Gasteiger partial charge in [-0.25, -0.2) is 8.42 Å². The molecule has 0 unspecified atom stereocenters. The lowest BCUT2D eigenvalue weighted by atomic mass is 10.2. The number of amides is 1. The van der Waals surface area contributed by atoms with Crippen LogP contribution in [0.4, 0.5) is 0 Å². The molecule has 0 aromatic heterocycles. The van der Waals surface area contributed by atoms with Crippen molar-refractivity contribution in [3.05, 3.63) is 35.9 Å². The van der Waals surface area contributed by atoms with Crippen LogP contribution in [0.25, 0.3) is 0 Å². The van der Waals surface area contributed by atoms with Gasteiger partial charge in [-0.1, -0.05) is 30.3 Å². The lowest BCUT2D eigenvalue weighted by Gasteiger charge is -2.24. The first-order valence-corrected chi connectivity index (χ1v) is 10.0. The molecule has 0 aliphatic heterocycles. The summed E-state index contributed by atoms with van der Waals surface area (Å²) >= 11 is 1.24.